The molecule has 0 bridgehead atoms. The number of benzene rings is 3. The average molecular weight is 1360 g/mol. The molecule has 3 fully saturated rings. The molecule has 2 aliphatic heterocycles. The zero-order valence-electron chi connectivity index (χ0n) is 56.7. The predicted octanol–water partition coefficient (Wildman–Crippen LogP) is 6.24. The highest BCUT2D eigenvalue weighted by Crippen LogP contribution is 2.29. The first-order chi connectivity index (χ1) is 45.3. The van der Waals surface area contributed by atoms with Gasteiger partial charge in [-0.3, -0.25) is 52.7 Å². The van der Waals surface area contributed by atoms with Gasteiger partial charge in [0.1, 0.15) is 17.5 Å². The quantitative estimate of drug-likeness (QED) is 0.0393. The van der Waals surface area contributed by atoms with Gasteiger partial charge in [0, 0.05) is 119 Å². The van der Waals surface area contributed by atoms with Crippen molar-refractivity contribution in [1.29, 1.82) is 0 Å². The Morgan fingerprint density at radius 1 is 0.443 bits per heavy atom. The Bertz CT molecular complexity index is 4350. The number of carbonyl (C=O) groups is 11. The first kappa shape index (κ1) is 74.4. The van der Waals surface area contributed by atoms with Crippen LogP contribution in [-0.2, 0) is 55.1 Å². The Morgan fingerprint density at radius 2 is 0.753 bits per heavy atom. The molecule has 97 heavy (non-hydrogen) atoms. The van der Waals surface area contributed by atoms with Gasteiger partial charge in [0.25, 0.3) is 52.8 Å². The number of carbonyl (C=O) groups excluding carboxylic acids is 11. The molecule has 1 saturated carbocycles. The maximum atomic E-state index is 13.5. The SMILES string of the molecule is CC(=O)N1CC[C@H](NC(=O)C(=O)c2c(C)c(C(=O)Nc3ccc(F)c(C)c3)c(C)n2C)C1.CC(=O)NC1CC(NC(=O)C(=O)c2c(C)c(C(=O)Nc3ccc(F)c(C)c3)c(C)n2C)C1.Cc1cc(NC(=O)c2c(C)c(C(=O)C(=O)N[C@H]3CCN(S(C)(=O)=O)C3)n(C)c2C)ccc1F. The second-order valence-corrected chi connectivity index (χ2v) is 26.7. The highest BCUT2D eigenvalue weighted by Gasteiger charge is 2.37. The molecule has 6 aromatic rings. The molecule has 0 unspecified atom stereocenters. The lowest BCUT2D eigenvalue weighted by molar-refractivity contribution is -0.128. The van der Waals surface area contributed by atoms with Crippen molar-refractivity contribution in [2.75, 3.05) is 48.4 Å². The molecule has 1 aliphatic carbocycles. The Labute approximate surface area is 559 Å². The van der Waals surface area contributed by atoms with Crippen molar-refractivity contribution in [1.82, 2.24) is 44.2 Å². The van der Waals surface area contributed by atoms with E-state index in [-0.39, 0.29) is 88.7 Å². The van der Waals surface area contributed by atoms with Gasteiger partial charge in [0.05, 0.1) is 40.0 Å². The van der Waals surface area contributed by atoms with E-state index in [9.17, 15) is 74.3 Å². The van der Waals surface area contributed by atoms with Crippen LogP contribution < -0.4 is 37.2 Å². The number of amides is 8. The largest absolute Gasteiger partial charge is 0.353 e. The first-order valence-electron chi connectivity index (χ1n) is 31.0. The van der Waals surface area contributed by atoms with Crippen LogP contribution in [0.25, 0.3) is 0 Å². The van der Waals surface area contributed by atoms with E-state index in [1.165, 1.54) is 86.5 Å². The monoisotopic (exact) mass is 1360 g/mol. The van der Waals surface area contributed by atoms with Crippen LogP contribution >= 0.6 is 0 Å². The zero-order chi connectivity index (χ0) is 72.1. The van der Waals surface area contributed by atoms with Crippen molar-refractivity contribution < 1.29 is 74.3 Å². The van der Waals surface area contributed by atoms with Gasteiger partial charge in [0.15, 0.2) is 0 Å². The lowest BCUT2D eigenvalue weighted by atomic mass is 9.86. The van der Waals surface area contributed by atoms with Crippen molar-refractivity contribution in [2.24, 2.45) is 21.1 Å². The lowest BCUT2D eigenvalue weighted by Gasteiger charge is -2.35. The molecule has 3 aromatic carbocycles. The molecule has 2 atom stereocenters. The lowest BCUT2D eigenvalue weighted by Crippen LogP contribution is -2.54. The summed E-state index contributed by atoms with van der Waals surface area (Å²) in [6, 6.07) is 11.7. The Morgan fingerprint density at radius 3 is 1.04 bits per heavy atom. The standard InChI is InChI=1S/2C23H27FN4O4.C22H27FN4O5S/c1-11-8-15(6-7-18(11)24)26-22(31)19-12(2)20(28(5)13(19)3)21(30)23(32)27-17-9-16(10-17)25-14(4)29;1-12-10-16(6-7-18(12)24)25-22(31)19-13(2)20(27(5)14(19)3)21(30)23(32)26-17-8-9-28(11-17)15(4)29;1-12-10-15(6-7-17(12)23)24-21(29)18-13(2)19(26(4)14(18)3)20(28)22(30)25-16-8-9-27(11-16)33(5,31)32/h6-8,16-17H,9-10H2,1-5H3,(H,25,29)(H,26,31)(H,27,32);6-7,10,17H,8-9,11H2,1-5H3,(H,25,31)(H,26,32);6-7,10,16H,8-9,11H2,1-5H3,(H,24,29)(H,25,30)/t;17-;16-/m.00/s1. The van der Waals surface area contributed by atoms with E-state index in [0.29, 0.717) is 112 Å². The van der Waals surface area contributed by atoms with Crippen LogP contribution in [0.1, 0.15) is 153 Å². The van der Waals surface area contributed by atoms with Crippen molar-refractivity contribution in [3.05, 3.63) is 156 Å². The number of nitrogens with one attached hydrogen (secondary N) is 7. The number of nitrogens with zero attached hydrogens (tertiary/aromatic N) is 5. The van der Waals surface area contributed by atoms with E-state index >= 15 is 0 Å². The number of sulfonamides is 1. The predicted molar refractivity (Wildman–Crippen MR) is 355 cm³/mol. The molecular formula is C68H81F3N12O13S. The van der Waals surface area contributed by atoms with Crippen molar-refractivity contribution in [3.8, 4) is 0 Å². The molecule has 7 N–H and O–H groups in total. The van der Waals surface area contributed by atoms with E-state index in [1.807, 2.05) is 0 Å². The minimum atomic E-state index is -3.37. The van der Waals surface area contributed by atoms with Crippen molar-refractivity contribution in [2.45, 2.75) is 126 Å². The zero-order valence-corrected chi connectivity index (χ0v) is 57.6. The minimum Gasteiger partial charge on any atom is -0.353 e. The highest BCUT2D eigenvalue weighted by molar-refractivity contribution is 7.88. The molecule has 25 nitrogen and oxygen atoms in total. The summed E-state index contributed by atoms with van der Waals surface area (Å²) in [6.45, 7) is 18.8. The number of hydrogen-bond acceptors (Lipinski definition) is 13. The molecule has 29 heteroatoms. The molecule has 518 valence electrons. The number of aromatic nitrogens is 3. The number of ketones is 3. The van der Waals surface area contributed by atoms with Crippen LogP contribution in [0.2, 0.25) is 0 Å². The molecule has 3 aliphatic rings. The summed E-state index contributed by atoms with van der Waals surface area (Å²) in [5, 5.41) is 18.9. The third-order valence-electron chi connectivity index (χ3n) is 17.8. The molecule has 8 amide bonds. The van der Waals surface area contributed by atoms with Crippen molar-refractivity contribution >= 4 is 91.7 Å². The number of Topliss-reactive ketones (excluding diaryl/α,β-unsaturated/α-hetero) is 3. The van der Waals surface area contributed by atoms with Gasteiger partial charge in [-0.25, -0.2) is 25.9 Å². The fourth-order valence-corrected chi connectivity index (χ4v) is 13.1. The maximum Gasteiger partial charge on any atom is 0.294 e. The van der Waals surface area contributed by atoms with Gasteiger partial charge in [0.2, 0.25) is 21.8 Å². The van der Waals surface area contributed by atoms with E-state index < -0.39 is 68.9 Å². The molecule has 3 aromatic heterocycles. The number of rotatable bonds is 17. The Balaban J connectivity index is 0.000000205. The molecule has 2 saturated heterocycles. The number of hydrogen-bond donors (Lipinski definition) is 7. The second kappa shape index (κ2) is 30.4. The van der Waals surface area contributed by atoms with Crippen molar-refractivity contribution in [3.63, 3.8) is 0 Å². The molecule has 0 radical (unpaired) electrons. The van der Waals surface area contributed by atoms with Gasteiger partial charge in [-0.05, 0) is 176 Å². The summed E-state index contributed by atoms with van der Waals surface area (Å²) in [5.74, 6) is -7.38. The molecule has 0 spiro atoms. The minimum absolute atomic E-state index is 0.00249. The van der Waals surface area contributed by atoms with Gasteiger partial charge in [-0.1, -0.05) is 0 Å². The summed E-state index contributed by atoms with van der Waals surface area (Å²) < 4.78 is 69.6. The average Bonchev–Trinajstić information content (AvgIpc) is 1.63. The van der Waals surface area contributed by atoms with Gasteiger partial charge in [-0.2, -0.15) is 0 Å². The van der Waals surface area contributed by atoms with Crippen LogP contribution in [0.15, 0.2) is 54.6 Å². The topological polar surface area (TPSA) is 327 Å². The Kier molecular flexibility index (Phi) is 23.3. The second-order valence-electron chi connectivity index (χ2n) is 24.8. The maximum absolute atomic E-state index is 13.5. The van der Waals surface area contributed by atoms with Crippen LogP contribution in [0.5, 0.6) is 0 Å². The number of halogens is 3. The number of anilines is 3. The number of likely N-dealkylation sites (tertiary alicyclic amines) is 1. The Hall–Kier alpha value is -10.0. The number of aryl methyl sites for hydroxylation is 3. The van der Waals surface area contributed by atoms with Gasteiger partial charge >= 0.3 is 0 Å². The van der Waals surface area contributed by atoms with Gasteiger partial charge < -0.3 is 55.8 Å². The summed E-state index contributed by atoms with van der Waals surface area (Å²) in [6.07, 6.45) is 3.21. The van der Waals surface area contributed by atoms with Crippen LogP contribution in [0, 0.1) is 79.8 Å². The van der Waals surface area contributed by atoms with E-state index in [4.69, 9.17) is 0 Å². The van der Waals surface area contributed by atoms with Crippen LogP contribution in [0.3, 0.4) is 0 Å². The first-order valence-corrected chi connectivity index (χ1v) is 32.9. The fraction of sp³-hybridized carbons (Fsp3) is 0.397. The summed E-state index contributed by atoms with van der Waals surface area (Å²) >= 11 is 0. The van der Waals surface area contributed by atoms with Crippen LogP contribution in [-0.4, -0.2) is 153 Å². The van der Waals surface area contributed by atoms with E-state index in [0.717, 1.165) is 6.26 Å². The normalized spacial score (nSPS) is 16.5. The molecule has 5 heterocycles. The summed E-state index contributed by atoms with van der Waals surface area (Å²) in [5.41, 5.74) is 6.27. The summed E-state index contributed by atoms with van der Waals surface area (Å²) in [4.78, 5) is 139. The van der Waals surface area contributed by atoms with E-state index in [1.54, 1.807) is 88.4 Å². The van der Waals surface area contributed by atoms with E-state index in [2.05, 4.69) is 37.2 Å². The third kappa shape index (κ3) is 17.0. The molecule has 9 rings (SSSR count). The van der Waals surface area contributed by atoms with Crippen LogP contribution in [0.4, 0.5) is 30.2 Å². The molecular weight excluding hydrogens is 1280 g/mol. The summed E-state index contributed by atoms with van der Waals surface area (Å²) in [7, 11) is 1.46. The highest BCUT2D eigenvalue weighted by atomic mass is 32.2. The third-order valence-corrected chi connectivity index (χ3v) is 19.1. The van der Waals surface area contributed by atoms with Gasteiger partial charge in [-0.15, -0.1) is 0 Å². The smallest absolute Gasteiger partial charge is 0.294 e. The fourth-order valence-electron chi connectivity index (χ4n) is 12.2.